The normalized spacial score (nSPS) is 10.7. The number of halogens is 3. The van der Waals surface area contributed by atoms with Crippen LogP contribution in [0.15, 0.2) is 46.1 Å². The first-order valence-corrected chi connectivity index (χ1v) is 8.20. The van der Waals surface area contributed by atoms with Crippen LogP contribution in [0.5, 0.6) is 11.6 Å². The Morgan fingerprint density at radius 1 is 1.10 bits per heavy atom. The molecule has 0 saturated carbocycles. The van der Waals surface area contributed by atoms with E-state index in [2.05, 4.69) is 9.97 Å². The highest BCUT2D eigenvalue weighted by Gasteiger charge is 2.35. The Kier molecular flexibility index (Phi) is 7.39. The molecule has 0 radical (unpaired) electrons. The van der Waals surface area contributed by atoms with Crippen LogP contribution in [0, 0.1) is 13.8 Å². The molecule has 0 unspecified atom stereocenters. The molecule has 0 aliphatic rings. The maximum atomic E-state index is 13.1. The Balaban J connectivity index is 0.00000225. The summed E-state index contributed by atoms with van der Waals surface area (Å²) in [6, 6.07) is 6.64. The number of pyridine rings is 1. The predicted molar refractivity (Wildman–Crippen MR) is 110 cm³/mol. The molecule has 6 nitrogen and oxygen atoms in total. The average molecular weight is 423 g/mol. The minimum Gasteiger partial charge on any atom is -0.438 e. The van der Waals surface area contributed by atoms with Crippen LogP contribution < -0.4 is 16.0 Å². The summed E-state index contributed by atoms with van der Waals surface area (Å²) in [7, 11) is 1.52. The van der Waals surface area contributed by atoms with Gasteiger partial charge in [0, 0.05) is 24.4 Å². The Labute approximate surface area is 172 Å². The van der Waals surface area contributed by atoms with E-state index in [0.717, 1.165) is 6.07 Å². The summed E-state index contributed by atoms with van der Waals surface area (Å²) in [5.41, 5.74) is -0.0628. The number of aromatic amines is 1. The smallest absolute Gasteiger partial charge is 0.421 e. The number of nitrogens with zero attached hydrogens (tertiary/aromatic N) is 2. The van der Waals surface area contributed by atoms with Crippen molar-refractivity contribution in [3.63, 3.8) is 0 Å². The third kappa shape index (κ3) is 4.61. The molecule has 2 heterocycles. The third-order valence-electron chi connectivity index (χ3n) is 4.30. The van der Waals surface area contributed by atoms with Crippen molar-refractivity contribution >= 4 is 0 Å². The number of ether oxygens (including phenoxy) is 1. The number of nitrogens with one attached hydrogen (secondary N) is 1. The lowest BCUT2D eigenvalue weighted by Crippen LogP contribution is -2.31. The maximum Gasteiger partial charge on any atom is 0.421 e. The first kappa shape index (κ1) is 24.7. The highest BCUT2D eigenvalue weighted by Crippen LogP contribution is 2.37. The quantitative estimate of drug-likeness (QED) is 0.654. The molecule has 0 fully saturated rings. The van der Waals surface area contributed by atoms with Gasteiger partial charge in [0.1, 0.15) is 11.3 Å². The Bertz CT molecular complexity index is 1130. The van der Waals surface area contributed by atoms with Gasteiger partial charge in [0.05, 0.1) is 5.69 Å². The number of hydrogen-bond donors (Lipinski definition) is 1. The molecule has 0 aliphatic carbocycles. The van der Waals surface area contributed by atoms with Crippen LogP contribution >= 0.6 is 0 Å². The van der Waals surface area contributed by atoms with E-state index in [-0.39, 0.29) is 20.6 Å². The number of H-pyrrole nitrogens is 1. The largest absolute Gasteiger partial charge is 0.438 e. The van der Waals surface area contributed by atoms with Crippen LogP contribution in [-0.2, 0) is 13.2 Å². The molecule has 9 heteroatoms. The zero-order valence-corrected chi connectivity index (χ0v) is 15.2. The number of benzene rings is 1. The van der Waals surface area contributed by atoms with Crippen LogP contribution in [0.2, 0.25) is 0 Å². The second-order valence-corrected chi connectivity index (χ2v) is 6.22. The fraction of sp³-hybridized carbons (Fsp3) is 0.286. The number of aromatic nitrogens is 3. The third-order valence-corrected chi connectivity index (χ3v) is 4.30. The van der Waals surface area contributed by atoms with Gasteiger partial charge in [-0.15, -0.1) is 0 Å². The van der Waals surface area contributed by atoms with Crippen molar-refractivity contribution in [2.45, 2.75) is 34.9 Å². The van der Waals surface area contributed by atoms with E-state index < -0.39 is 28.9 Å². The molecule has 0 aliphatic heterocycles. The second kappa shape index (κ2) is 8.98. The highest BCUT2D eigenvalue weighted by atomic mass is 19.4. The summed E-state index contributed by atoms with van der Waals surface area (Å²) < 4.78 is 45.9. The zero-order valence-electron chi connectivity index (χ0n) is 15.2. The predicted octanol–water partition coefficient (Wildman–Crippen LogP) is 4.84. The molecule has 0 saturated heterocycles. The van der Waals surface area contributed by atoms with Crippen LogP contribution in [0.25, 0.3) is 11.3 Å². The molecule has 1 aromatic carbocycles. The van der Waals surface area contributed by atoms with Crippen LogP contribution in [0.4, 0.5) is 13.2 Å². The summed E-state index contributed by atoms with van der Waals surface area (Å²) in [6.45, 7) is 3.29. The summed E-state index contributed by atoms with van der Waals surface area (Å²) in [4.78, 5) is 29.7. The standard InChI is InChI=1S/C19H16F3N3O3.2CH4/c1-10-9-12(28-17-14(19(20,21)22)5-4-8-23-17)6-7-13(10)15-11(2)16(26)24-18(27)25(15)3;;/h4-9H,1-3H3,(H,24,26,27);2*1H4. The van der Waals surface area contributed by atoms with Crippen LogP contribution in [0.1, 0.15) is 31.5 Å². The summed E-state index contributed by atoms with van der Waals surface area (Å²) >= 11 is 0. The number of hydrogen-bond acceptors (Lipinski definition) is 4. The lowest BCUT2D eigenvalue weighted by atomic mass is 10.0. The fourth-order valence-electron chi connectivity index (χ4n) is 2.88. The van der Waals surface area contributed by atoms with E-state index in [1.807, 2.05) is 0 Å². The number of aryl methyl sites for hydroxylation is 1. The average Bonchev–Trinajstić information content (AvgIpc) is 2.61. The fourth-order valence-corrected chi connectivity index (χ4v) is 2.88. The molecule has 0 atom stereocenters. The Hall–Kier alpha value is -3.36. The van der Waals surface area contributed by atoms with E-state index in [4.69, 9.17) is 4.74 Å². The van der Waals surface area contributed by atoms with Gasteiger partial charge in [0.15, 0.2) is 0 Å². The van der Waals surface area contributed by atoms with Gasteiger partial charge in [0.25, 0.3) is 5.56 Å². The zero-order chi connectivity index (χ0) is 20.6. The van der Waals surface area contributed by atoms with Crippen molar-refractivity contribution in [1.82, 2.24) is 14.5 Å². The van der Waals surface area contributed by atoms with E-state index in [1.165, 1.54) is 36.0 Å². The van der Waals surface area contributed by atoms with Gasteiger partial charge in [0.2, 0.25) is 5.88 Å². The topological polar surface area (TPSA) is 77.0 Å². The van der Waals surface area contributed by atoms with E-state index in [1.54, 1.807) is 19.9 Å². The molecule has 3 aromatic rings. The minimum atomic E-state index is -4.60. The Morgan fingerprint density at radius 2 is 1.77 bits per heavy atom. The van der Waals surface area contributed by atoms with Gasteiger partial charge in [-0.2, -0.15) is 13.2 Å². The molecule has 3 rings (SSSR count). The van der Waals surface area contributed by atoms with Crippen molar-refractivity contribution < 1.29 is 17.9 Å². The minimum absolute atomic E-state index is 0. The molecule has 1 N–H and O–H groups in total. The van der Waals surface area contributed by atoms with E-state index in [9.17, 15) is 22.8 Å². The molecular formula is C21H24F3N3O3. The van der Waals surface area contributed by atoms with Crippen molar-refractivity contribution in [2.75, 3.05) is 0 Å². The second-order valence-electron chi connectivity index (χ2n) is 6.22. The molecule has 162 valence electrons. The van der Waals surface area contributed by atoms with Gasteiger partial charge in [-0.1, -0.05) is 14.9 Å². The van der Waals surface area contributed by atoms with Gasteiger partial charge >= 0.3 is 11.9 Å². The van der Waals surface area contributed by atoms with Gasteiger partial charge in [-0.25, -0.2) is 9.78 Å². The van der Waals surface area contributed by atoms with Crippen molar-refractivity contribution in [3.8, 4) is 22.9 Å². The van der Waals surface area contributed by atoms with Crippen LogP contribution in [0.3, 0.4) is 0 Å². The monoisotopic (exact) mass is 423 g/mol. The summed E-state index contributed by atoms with van der Waals surface area (Å²) in [6.07, 6.45) is -3.39. The number of alkyl halides is 3. The van der Waals surface area contributed by atoms with Gasteiger partial charge in [-0.05, 0) is 49.7 Å². The van der Waals surface area contributed by atoms with Crippen molar-refractivity contribution in [2.24, 2.45) is 7.05 Å². The molecule has 0 spiro atoms. The number of rotatable bonds is 3. The first-order valence-electron chi connectivity index (χ1n) is 8.20. The highest BCUT2D eigenvalue weighted by molar-refractivity contribution is 5.67. The van der Waals surface area contributed by atoms with Gasteiger partial charge in [-0.3, -0.25) is 14.3 Å². The first-order chi connectivity index (χ1) is 13.1. The molecule has 30 heavy (non-hydrogen) atoms. The Morgan fingerprint density at radius 3 is 2.37 bits per heavy atom. The molecular weight excluding hydrogens is 399 g/mol. The SMILES string of the molecule is C.C.Cc1cc(Oc2ncccc2C(F)(F)F)ccc1-c1c(C)c(=O)[nH]c(=O)n1C. The molecule has 0 amide bonds. The summed E-state index contributed by atoms with van der Waals surface area (Å²) in [5.74, 6) is -0.403. The van der Waals surface area contributed by atoms with Crippen molar-refractivity contribution in [3.05, 3.63) is 74.1 Å². The molecule has 0 bridgehead atoms. The van der Waals surface area contributed by atoms with E-state index in [0.29, 0.717) is 22.4 Å². The molecule has 2 aromatic heterocycles. The maximum absolute atomic E-state index is 13.1. The summed E-state index contributed by atoms with van der Waals surface area (Å²) in [5, 5.41) is 0. The lowest BCUT2D eigenvalue weighted by Gasteiger charge is -2.15. The van der Waals surface area contributed by atoms with Crippen molar-refractivity contribution in [1.29, 1.82) is 0 Å². The van der Waals surface area contributed by atoms with E-state index >= 15 is 0 Å². The van der Waals surface area contributed by atoms with Crippen LogP contribution in [-0.4, -0.2) is 14.5 Å². The van der Waals surface area contributed by atoms with Gasteiger partial charge < -0.3 is 4.74 Å². The lowest BCUT2D eigenvalue weighted by molar-refractivity contribution is -0.138.